The van der Waals surface area contributed by atoms with Crippen molar-refractivity contribution in [3.8, 4) is 5.75 Å². The summed E-state index contributed by atoms with van der Waals surface area (Å²) in [5, 5.41) is 1.63. The lowest BCUT2D eigenvalue weighted by Gasteiger charge is -2.05. The molecule has 3 aromatic rings. The summed E-state index contributed by atoms with van der Waals surface area (Å²) in [5.74, 6) is 0.728. The number of rotatable bonds is 3. The van der Waals surface area contributed by atoms with E-state index in [1.807, 2.05) is 36.4 Å². The number of nitrogens with two attached hydrogens (primary N) is 1. The molecule has 3 nitrogen and oxygen atoms in total. The highest BCUT2D eigenvalue weighted by molar-refractivity contribution is 6.30. The molecule has 2 N–H and O–H groups in total. The molecule has 1 aromatic heterocycles. The Morgan fingerprint density at radius 2 is 2.05 bits per heavy atom. The van der Waals surface area contributed by atoms with E-state index in [0.717, 1.165) is 22.3 Å². The molecule has 0 aliphatic heterocycles. The van der Waals surface area contributed by atoms with Gasteiger partial charge in [0, 0.05) is 21.7 Å². The molecule has 0 atom stereocenters. The van der Waals surface area contributed by atoms with Crippen LogP contribution in [0.25, 0.3) is 11.0 Å². The van der Waals surface area contributed by atoms with Crippen molar-refractivity contribution in [1.29, 1.82) is 0 Å². The quantitative estimate of drug-likeness (QED) is 0.726. The monoisotopic (exact) mass is 273 g/mol. The minimum atomic E-state index is 0.413. The molecule has 0 saturated heterocycles. The van der Waals surface area contributed by atoms with E-state index in [1.165, 1.54) is 0 Å². The van der Waals surface area contributed by atoms with Gasteiger partial charge in [-0.2, -0.15) is 0 Å². The van der Waals surface area contributed by atoms with Crippen LogP contribution < -0.4 is 10.5 Å². The van der Waals surface area contributed by atoms with Crippen molar-refractivity contribution < 1.29 is 9.15 Å². The average molecular weight is 274 g/mol. The summed E-state index contributed by atoms with van der Waals surface area (Å²) >= 11 is 5.91. The van der Waals surface area contributed by atoms with Gasteiger partial charge in [0.1, 0.15) is 17.9 Å². The number of fused-ring (bicyclic) bond motifs is 1. The maximum Gasteiger partial charge on any atom is 0.134 e. The van der Waals surface area contributed by atoms with Crippen LogP contribution in [0.3, 0.4) is 0 Å². The van der Waals surface area contributed by atoms with E-state index in [1.54, 1.807) is 12.3 Å². The second kappa shape index (κ2) is 4.86. The molecule has 0 amide bonds. The lowest BCUT2D eigenvalue weighted by Crippen LogP contribution is -1.94. The number of halogens is 1. The summed E-state index contributed by atoms with van der Waals surface area (Å²) in [5.41, 5.74) is 8.25. The number of hydrogen-bond acceptors (Lipinski definition) is 3. The van der Waals surface area contributed by atoms with E-state index >= 15 is 0 Å². The number of nitrogen functional groups attached to an aromatic ring is 1. The Labute approximate surface area is 115 Å². The van der Waals surface area contributed by atoms with Crippen LogP contribution in [0.15, 0.2) is 53.1 Å². The molecule has 0 aliphatic rings. The first kappa shape index (κ1) is 11.9. The molecule has 4 heteroatoms. The highest BCUT2D eigenvalue weighted by atomic mass is 35.5. The first-order valence-corrected chi connectivity index (χ1v) is 6.24. The molecular formula is C15H12ClNO2. The Bertz CT molecular complexity index is 721. The van der Waals surface area contributed by atoms with Crippen molar-refractivity contribution in [1.82, 2.24) is 0 Å². The van der Waals surface area contributed by atoms with E-state index in [9.17, 15) is 0 Å². The standard InChI is InChI=1S/C15H12ClNO2/c16-11-2-1-3-13(6-11)18-8-10-9-19-15-5-4-12(17)7-14(10)15/h1-7,9H,8,17H2. The second-order valence-corrected chi connectivity index (χ2v) is 4.70. The van der Waals surface area contributed by atoms with E-state index in [-0.39, 0.29) is 0 Å². The predicted octanol–water partition coefficient (Wildman–Crippen LogP) is 4.25. The molecule has 3 rings (SSSR count). The second-order valence-electron chi connectivity index (χ2n) is 4.26. The van der Waals surface area contributed by atoms with Crippen molar-refractivity contribution in [3.05, 3.63) is 59.3 Å². The normalized spacial score (nSPS) is 10.8. The third-order valence-electron chi connectivity index (χ3n) is 2.87. The number of anilines is 1. The summed E-state index contributed by atoms with van der Waals surface area (Å²) in [6.45, 7) is 0.413. The molecule has 96 valence electrons. The molecule has 0 radical (unpaired) electrons. The SMILES string of the molecule is Nc1ccc2occ(COc3cccc(Cl)c3)c2c1. The minimum absolute atomic E-state index is 0.413. The van der Waals surface area contributed by atoms with Crippen LogP contribution in [0, 0.1) is 0 Å². The summed E-state index contributed by atoms with van der Waals surface area (Å²) in [6, 6.07) is 12.8. The molecular weight excluding hydrogens is 262 g/mol. The van der Waals surface area contributed by atoms with Crippen LogP contribution in [0.1, 0.15) is 5.56 Å². The molecule has 19 heavy (non-hydrogen) atoms. The highest BCUT2D eigenvalue weighted by Crippen LogP contribution is 2.25. The van der Waals surface area contributed by atoms with Gasteiger partial charge in [0.15, 0.2) is 0 Å². The molecule has 1 heterocycles. The van der Waals surface area contributed by atoms with Crippen molar-refractivity contribution in [2.45, 2.75) is 6.61 Å². The lowest BCUT2D eigenvalue weighted by molar-refractivity contribution is 0.306. The van der Waals surface area contributed by atoms with Crippen molar-refractivity contribution in [2.75, 3.05) is 5.73 Å². The number of furan rings is 1. The Hall–Kier alpha value is -2.13. The number of ether oxygens (including phenoxy) is 1. The van der Waals surface area contributed by atoms with E-state index in [2.05, 4.69) is 0 Å². The zero-order valence-electron chi connectivity index (χ0n) is 10.1. The molecule has 0 fully saturated rings. The van der Waals surface area contributed by atoms with Crippen molar-refractivity contribution >= 4 is 28.3 Å². The van der Waals surface area contributed by atoms with Gasteiger partial charge in [0.05, 0.1) is 6.26 Å². The van der Waals surface area contributed by atoms with Crippen LogP contribution in [-0.4, -0.2) is 0 Å². The summed E-state index contributed by atoms with van der Waals surface area (Å²) in [7, 11) is 0. The Morgan fingerprint density at radius 3 is 2.89 bits per heavy atom. The van der Waals surface area contributed by atoms with Crippen LogP contribution in [0.5, 0.6) is 5.75 Å². The third kappa shape index (κ3) is 2.51. The summed E-state index contributed by atoms with van der Waals surface area (Å²) in [6.07, 6.45) is 1.69. The maximum absolute atomic E-state index is 5.91. The molecule has 0 bridgehead atoms. The predicted molar refractivity (Wildman–Crippen MR) is 76.4 cm³/mol. The van der Waals surface area contributed by atoms with Crippen molar-refractivity contribution in [2.24, 2.45) is 0 Å². The Balaban J connectivity index is 1.84. The first-order chi connectivity index (χ1) is 9.22. The smallest absolute Gasteiger partial charge is 0.134 e. The fraction of sp³-hybridized carbons (Fsp3) is 0.0667. The van der Waals surface area contributed by atoms with Gasteiger partial charge in [0.25, 0.3) is 0 Å². The zero-order valence-corrected chi connectivity index (χ0v) is 10.9. The number of hydrogen-bond donors (Lipinski definition) is 1. The van der Waals surface area contributed by atoms with Crippen molar-refractivity contribution in [3.63, 3.8) is 0 Å². The van der Waals surface area contributed by atoms with Crippen LogP contribution in [0.2, 0.25) is 5.02 Å². The molecule has 0 saturated carbocycles. The molecule has 0 unspecified atom stereocenters. The van der Waals surface area contributed by atoms with Gasteiger partial charge in [-0.1, -0.05) is 17.7 Å². The van der Waals surface area contributed by atoms with Gasteiger partial charge in [-0.3, -0.25) is 0 Å². The Kier molecular flexibility index (Phi) is 3.05. The van der Waals surface area contributed by atoms with E-state index in [0.29, 0.717) is 17.3 Å². The zero-order chi connectivity index (χ0) is 13.2. The van der Waals surface area contributed by atoms with Gasteiger partial charge in [0.2, 0.25) is 0 Å². The summed E-state index contributed by atoms with van der Waals surface area (Å²) < 4.78 is 11.1. The highest BCUT2D eigenvalue weighted by Gasteiger charge is 2.07. The minimum Gasteiger partial charge on any atom is -0.489 e. The fourth-order valence-corrected chi connectivity index (χ4v) is 2.11. The molecule has 0 spiro atoms. The first-order valence-electron chi connectivity index (χ1n) is 5.86. The van der Waals surface area contributed by atoms with E-state index < -0.39 is 0 Å². The lowest BCUT2D eigenvalue weighted by atomic mass is 10.1. The topological polar surface area (TPSA) is 48.4 Å². The van der Waals surface area contributed by atoms with Gasteiger partial charge < -0.3 is 14.9 Å². The van der Waals surface area contributed by atoms with Crippen LogP contribution >= 0.6 is 11.6 Å². The van der Waals surface area contributed by atoms with Crippen LogP contribution in [0.4, 0.5) is 5.69 Å². The Morgan fingerprint density at radius 1 is 1.16 bits per heavy atom. The largest absolute Gasteiger partial charge is 0.489 e. The van der Waals surface area contributed by atoms with Gasteiger partial charge in [-0.05, 0) is 36.4 Å². The summed E-state index contributed by atoms with van der Waals surface area (Å²) in [4.78, 5) is 0. The third-order valence-corrected chi connectivity index (χ3v) is 3.10. The molecule has 2 aromatic carbocycles. The van der Waals surface area contributed by atoms with E-state index in [4.69, 9.17) is 26.5 Å². The van der Waals surface area contributed by atoms with Crippen LogP contribution in [-0.2, 0) is 6.61 Å². The average Bonchev–Trinajstić information content (AvgIpc) is 2.79. The molecule has 0 aliphatic carbocycles. The van der Waals surface area contributed by atoms with Gasteiger partial charge in [-0.25, -0.2) is 0 Å². The maximum atomic E-state index is 5.91. The fourth-order valence-electron chi connectivity index (χ4n) is 1.93. The van der Waals surface area contributed by atoms with Gasteiger partial charge >= 0.3 is 0 Å². The van der Waals surface area contributed by atoms with Gasteiger partial charge in [-0.15, -0.1) is 0 Å². The number of benzene rings is 2.